The zero-order chi connectivity index (χ0) is 12.5. The van der Waals surface area contributed by atoms with E-state index >= 15 is 0 Å². The molecule has 0 aromatic carbocycles. The van der Waals surface area contributed by atoms with Gasteiger partial charge in [0.1, 0.15) is 5.52 Å². The average molecular weight is 280 g/mol. The fourth-order valence-corrected chi connectivity index (χ4v) is 2.11. The van der Waals surface area contributed by atoms with Gasteiger partial charge in [-0.25, -0.2) is 9.97 Å². The first-order chi connectivity index (χ1) is 8.74. The Kier molecular flexibility index (Phi) is 2.85. The van der Waals surface area contributed by atoms with E-state index in [1.165, 1.54) is 0 Å². The third kappa shape index (κ3) is 2.02. The molecule has 0 N–H and O–H groups in total. The van der Waals surface area contributed by atoms with E-state index in [4.69, 9.17) is 23.2 Å². The van der Waals surface area contributed by atoms with Crippen LogP contribution in [-0.2, 0) is 6.54 Å². The molecule has 5 nitrogen and oxygen atoms in total. The average Bonchev–Trinajstić information content (AvgIpc) is 2.74. The summed E-state index contributed by atoms with van der Waals surface area (Å²) in [6.45, 7) is 0.628. The Hall–Kier alpha value is -1.72. The molecule has 0 saturated heterocycles. The van der Waals surface area contributed by atoms with Crippen molar-refractivity contribution in [3.63, 3.8) is 0 Å². The molecule has 3 heterocycles. The number of hydrogen-bond acceptors (Lipinski definition) is 4. The maximum absolute atomic E-state index is 5.96. The van der Waals surface area contributed by atoms with Gasteiger partial charge in [0.25, 0.3) is 0 Å². The molecule has 3 aromatic rings. The summed E-state index contributed by atoms with van der Waals surface area (Å²) < 4.78 is 1.87. The first-order valence-electron chi connectivity index (χ1n) is 5.17. The van der Waals surface area contributed by atoms with Gasteiger partial charge in [-0.2, -0.15) is 4.98 Å². The van der Waals surface area contributed by atoms with E-state index in [0.717, 1.165) is 5.56 Å². The van der Waals surface area contributed by atoms with Crippen LogP contribution in [0.4, 0.5) is 0 Å². The van der Waals surface area contributed by atoms with E-state index in [1.807, 2.05) is 16.7 Å². The maximum Gasteiger partial charge on any atom is 0.225 e. The van der Waals surface area contributed by atoms with Crippen LogP contribution in [-0.4, -0.2) is 24.5 Å². The Morgan fingerprint density at radius 2 is 1.89 bits per heavy atom. The third-order valence-electron chi connectivity index (χ3n) is 2.50. The van der Waals surface area contributed by atoms with Gasteiger partial charge in [-0.3, -0.25) is 4.98 Å². The summed E-state index contributed by atoms with van der Waals surface area (Å²) in [5, 5.41) is 0.377. The van der Waals surface area contributed by atoms with E-state index < -0.39 is 0 Å². The summed E-state index contributed by atoms with van der Waals surface area (Å²) in [5.41, 5.74) is 2.27. The van der Waals surface area contributed by atoms with Crippen molar-refractivity contribution in [3.05, 3.63) is 46.9 Å². The van der Waals surface area contributed by atoms with Crippen LogP contribution < -0.4 is 0 Å². The minimum atomic E-state index is 0.115. The highest BCUT2D eigenvalue weighted by Gasteiger charge is 2.11. The predicted molar refractivity (Wildman–Crippen MR) is 68.7 cm³/mol. The molecule has 0 saturated carbocycles. The molecular weight excluding hydrogens is 273 g/mol. The van der Waals surface area contributed by atoms with Gasteiger partial charge in [0.15, 0.2) is 10.8 Å². The standard InChI is InChI=1S/C11H7Cl2N5/c12-9-8-10(17-11(13)16-9)18(6-15-8)5-7-1-3-14-4-2-7/h1-4,6H,5H2. The lowest BCUT2D eigenvalue weighted by atomic mass is 10.3. The van der Waals surface area contributed by atoms with Crippen LogP contribution in [0.25, 0.3) is 11.2 Å². The summed E-state index contributed by atoms with van der Waals surface area (Å²) >= 11 is 11.8. The third-order valence-corrected chi connectivity index (χ3v) is 2.93. The van der Waals surface area contributed by atoms with Crippen LogP contribution in [0.15, 0.2) is 30.9 Å². The largest absolute Gasteiger partial charge is 0.311 e. The quantitative estimate of drug-likeness (QED) is 0.534. The van der Waals surface area contributed by atoms with Gasteiger partial charge >= 0.3 is 0 Å². The zero-order valence-electron chi connectivity index (χ0n) is 9.09. The van der Waals surface area contributed by atoms with Gasteiger partial charge in [0.05, 0.1) is 12.9 Å². The number of halogens is 2. The fourth-order valence-electron chi connectivity index (χ4n) is 1.69. The molecule has 18 heavy (non-hydrogen) atoms. The van der Waals surface area contributed by atoms with Crippen molar-refractivity contribution < 1.29 is 0 Å². The smallest absolute Gasteiger partial charge is 0.225 e. The lowest BCUT2D eigenvalue weighted by molar-refractivity contribution is 0.811. The number of pyridine rings is 1. The van der Waals surface area contributed by atoms with Crippen molar-refractivity contribution >= 4 is 34.4 Å². The molecule has 0 bridgehead atoms. The summed E-state index contributed by atoms with van der Waals surface area (Å²) in [7, 11) is 0. The van der Waals surface area contributed by atoms with Crippen molar-refractivity contribution in [2.75, 3.05) is 0 Å². The van der Waals surface area contributed by atoms with Gasteiger partial charge in [-0.1, -0.05) is 11.6 Å². The molecule has 0 amide bonds. The highest BCUT2D eigenvalue weighted by atomic mass is 35.5. The molecule has 0 unspecified atom stereocenters. The molecule has 0 spiro atoms. The van der Waals surface area contributed by atoms with Crippen LogP contribution in [0.1, 0.15) is 5.56 Å². The maximum atomic E-state index is 5.96. The van der Waals surface area contributed by atoms with Crippen LogP contribution in [0.3, 0.4) is 0 Å². The molecule has 0 fully saturated rings. The highest BCUT2D eigenvalue weighted by Crippen LogP contribution is 2.21. The lowest BCUT2D eigenvalue weighted by Gasteiger charge is -2.03. The molecule has 0 radical (unpaired) electrons. The molecule has 0 aliphatic rings. The van der Waals surface area contributed by atoms with Crippen LogP contribution in [0.2, 0.25) is 10.4 Å². The van der Waals surface area contributed by atoms with Gasteiger partial charge in [0, 0.05) is 12.4 Å². The molecule has 90 valence electrons. The number of rotatable bonds is 2. The van der Waals surface area contributed by atoms with Crippen molar-refractivity contribution in [2.45, 2.75) is 6.54 Å². The van der Waals surface area contributed by atoms with Gasteiger partial charge < -0.3 is 4.57 Å². The molecule has 0 atom stereocenters. The van der Waals surface area contributed by atoms with E-state index in [9.17, 15) is 0 Å². The lowest BCUT2D eigenvalue weighted by Crippen LogP contribution is -2.00. The van der Waals surface area contributed by atoms with E-state index in [2.05, 4.69) is 19.9 Å². The summed E-state index contributed by atoms with van der Waals surface area (Å²) in [5.74, 6) is 0. The topological polar surface area (TPSA) is 56.5 Å². The minimum absolute atomic E-state index is 0.115. The molecule has 3 rings (SSSR count). The Morgan fingerprint density at radius 1 is 1.11 bits per heavy atom. The van der Waals surface area contributed by atoms with E-state index in [1.54, 1.807) is 18.7 Å². The Balaban J connectivity index is 2.08. The van der Waals surface area contributed by atoms with Crippen LogP contribution >= 0.6 is 23.2 Å². The Labute approximate surface area is 112 Å². The van der Waals surface area contributed by atoms with Crippen molar-refractivity contribution in [2.24, 2.45) is 0 Å². The van der Waals surface area contributed by atoms with Gasteiger partial charge in [-0.15, -0.1) is 0 Å². The Morgan fingerprint density at radius 3 is 2.67 bits per heavy atom. The number of nitrogens with zero attached hydrogens (tertiary/aromatic N) is 5. The molecule has 0 aliphatic carbocycles. The number of aromatic nitrogens is 5. The Bertz CT molecular complexity index is 695. The van der Waals surface area contributed by atoms with Gasteiger partial charge in [-0.05, 0) is 29.3 Å². The first-order valence-corrected chi connectivity index (χ1v) is 5.92. The molecule has 0 aliphatic heterocycles. The minimum Gasteiger partial charge on any atom is -0.311 e. The zero-order valence-corrected chi connectivity index (χ0v) is 10.6. The summed E-state index contributed by atoms with van der Waals surface area (Å²) in [6.07, 6.45) is 5.15. The number of hydrogen-bond donors (Lipinski definition) is 0. The summed E-state index contributed by atoms with van der Waals surface area (Å²) in [4.78, 5) is 16.2. The second kappa shape index (κ2) is 4.51. The van der Waals surface area contributed by atoms with Crippen molar-refractivity contribution in [3.8, 4) is 0 Å². The second-order valence-electron chi connectivity index (χ2n) is 3.68. The van der Waals surface area contributed by atoms with E-state index in [0.29, 0.717) is 17.7 Å². The molecule has 7 heteroatoms. The SMILES string of the molecule is Clc1nc(Cl)c2ncn(Cc3ccncc3)c2n1. The van der Waals surface area contributed by atoms with E-state index in [-0.39, 0.29) is 10.4 Å². The van der Waals surface area contributed by atoms with Crippen molar-refractivity contribution in [1.29, 1.82) is 0 Å². The summed E-state index contributed by atoms with van der Waals surface area (Å²) in [6, 6.07) is 3.85. The highest BCUT2D eigenvalue weighted by molar-refractivity contribution is 6.35. The number of fused-ring (bicyclic) bond motifs is 1. The molecule has 3 aromatic heterocycles. The fraction of sp³-hybridized carbons (Fsp3) is 0.0909. The van der Waals surface area contributed by atoms with Gasteiger partial charge in [0.2, 0.25) is 5.28 Å². The second-order valence-corrected chi connectivity index (χ2v) is 4.38. The van der Waals surface area contributed by atoms with Crippen LogP contribution in [0.5, 0.6) is 0 Å². The monoisotopic (exact) mass is 279 g/mol. The predicted octanol–water partition coefficient (Wildman–Crippen LogP) is 2.58. The van der Waals surface area contributed by atoms with Crippen molar-refractivity contribution in [1.82, 2.24) is 24.5 Å². The van der Waals surface area contributed by atoms with Crippen LogP contribution in [0, 0.1) is 0 Å². The normalized spacial score (nSPS) is 11.0. The number of imidazole rings is 1. The first kappa shape index (κ1) is 11.4. The molecular formula is C11H7Cl2N5.